The van der Waals surface area contributed by atoms with Crippen LogP contribution in [0.2, 0.25) is 10.0 Å². The fraction of sp³-hybridized carbons (Fsp3) is 0.167. The molecule has 0 aliphatic rings. The van der Waals surface area contributed by atoms with Crippen molar-refractivity contribution in [2.75, 3.05) is 5.32 Å². The number of halogens is 3. The molecule has 2 aromatic rings. The van der Waals surface area contributed by atoms with Crippen LogP contribution in [0.15, 0.2) is 41.5 Å². The minimum Gasteiger partial charge on any atom is -0.326 e. The van der Waals surface area contributed by atoms with Crippen LogP contribution in [0.4, 0.5) is 5.69 Å². The van der Waals surface area contributed by atoms with Gasteiger partial charge < -0.3 is 5.32 Å². The van der Waals surface area contributed by atoms with Gasteiger partial charge in [0.2, 0.25) is 11.8 Å². The lowest BCUT2D eigenvalue weighted by Gasteiger charge is -2.08. The highest BCUT2D eigenvalue weighted by atomic mass is 127. The van der Waals surface area contributed by atoms with Crippen molar-refractivity contribution in [1.82, 2.24) is 5.43 Å². The monoisotopic (exact) mass is 503 g/mol. The molecular formula is C18H16Cl2IN3O2. The summed E-state index contributed by atoms with van der Waals surface area (Å²) in [7, 11) is 0. The third-order valence-corrected chi connectivity index (χ3v) is 4.92. The van der Waals surface area contributed by atoms with Crippen LogP contribution in [0, 0.1) is 10.5 Å². The summed E-state index contributed by atoms with van der Waals surface area (Å²) in [5.74, 6) is -0.597. The molecule has 0 aromatic heterocycles. The Hall–Kier alpha value is -1.64. The molecule has 2 rings (SSSR count). The average Bonchev–Trinajstić information content (AvgIpc) is 2.59. The van der Waals surface area contributed by atoms with E-state index >= 15 is 0 Å². The highest BCUT2D eigenvalue weighted by molar-refractivity contribution is 14.1. The van der Waals surface area contributed by atoms with E-state index in [1.807, 2.05) is 25.1 Å². The Morgan fingerprint density at radius 1 is 1.15 bits per heavy atom. The predicted octanol–water partition coefficient (Wildman–Crippen LogP) is 4.78. The first-order chi connectivity index (χ1) is 12.4. The van der Waals surface area contributed by atoms with Crippen molar-refractivity contribution in [3.8, 4) is 0 Å². The summed E-state index contributed by atoms with van der Waals surface area (Å²) >= 11 is 14.1. The molecule has 0 aliphatic carbocycles. The second kappa shape index (κ2) is 9.89. The van der Waals surface area contributed by atoms with E-state index < -0.39 is 0 Å². The zero-order valence-electron chi connectivity index (χ0n) is 13.9. The molecule has 0 unspecified atom stereocenters. The Kier molecular flexibility index (Phi) is 7.86. The fourth-order valence-corrected chi connectivity index (χ4v) is 3.06. The Balaban J connectivity index is 1.80. The smallest absolute Gasteiger partial charge is 0.240 e. The second-order valence-corrected chi connectivity index (χ2v) is 7.47. The second-order valence-electron chi connectivity index (χ2n) is 5.44. The maximum atomic E-state index is 12.0. The third-order valence-electron chi connectivity index (χ3n) is 3.42. The van der Waals surface area contributed by atoms with Crippen molar-refractivity contribution in [3.05, 3.63) is 61.1 Å². The van der Waals surface area contributed by atoms with E-state index in [-0.39, 0.29) is 24.7 Å². The first kappa shape index (κ1) is 20.7. The van der Waals surface area contributed by atoms with Crippen LogP contribution in [-0.2, 0) is 9.59 Å². The minimum absolute atomic E-state index is 0.0237. The molecule has 0 fully saturated rings. The number of benzene rings is 2. The molecule has 2 amide bonds. The summed E-state index contributed by atoms with van der Waals surface area (Å²) in [6, 6.07) is 10.8. The van der Waals surface area contributed by atoms with Crippen LogP contribution in [0.1, 0.15) is 24.0 Å². The van der Waals surface area contributed by atoms with Crippen LogP contribution in [0.25, 0.3) is 0 Å². The fourth-order valence-electron chi connectivity index (χ4n) is 2.06. The van der Waals surface area contributed by atoms with Crippen LogP contribution in [0.3, 0.4) is 0 Å². The number of hydrazone groups is 1. The van der Waals surface area contributed by atoms with Crippen LogP contribution in [0.5, 0.6) is 0 Å². The largest absolute Gasteiger partial charge is 0.326 e. The van der Waals surface area contributed by atoms with Crippen molar-refractivity contribution in [1.29, 1.82) is 0 Å². The average molecular weight is 504 g/mol. The third kappa shape index (κ3) is 6.26. The van der Waals surface area contributed by atoms with E-state index in [1.165, 1.54) is 6.21 Å². The molecule has 0 saturated carbocycles. The Morgan fingerprint density at radius 2 is 1.88 bits per heavy atom. The molecule has 2 aromatic carbocycles. The molecular weight excluding hydrogens is 488 g/mol. The Bertz CT molecular complexity index is 856. The van der Waals surface area contributed by atoms with E-state index in [4.69, 9.17) is 23.2 Å². The van der Waals surface area contributed by atoms with Gasteiger partial charge in [-0.3, -0.25) is 9.59 Å². The summed E-state index contributed by atoms with van der Waals surface area (Å²) < 4.78 is 1.09. The first-order valence-electron chi connectivity index (χ1n) is 7.68. The number of carbonyl (C=O) groups excluding carboxylic acids is 2. The van der Waals surface area contributed by atoms with E-state index in [0.29, 0.717) is 15.6 Å². The standard InChI is InChI=1S/C18H16Cl2IN3O2/c1-11-9-13(21)5-6-15(11)23-16(25)7-8-17(26)24-22-10-12-3-2-4-14(19)18(12)20/h2-6,9-10H,7-8H2,1H3,(H,23,25)(H,24,26)/b22-10-. The molecule has 26 heavy (non-hydrogen) atoms. The van der Waals surface area contributed by atoms with Crippen molar-refractivity contribution in [2.45, 2.75) is 19.8 Å². The van der Waals surface area contributed by atoms with Crippen molar-refractivity contribution in [3.63, 3.8) is 0 Å². The molecule has 0 saturated heterocycles. The van der Waals surface area contributed by atoms with Gasteiger partial charge in [-0.2, -0.15) is 5.10 Å². The van der Waals surface area contributed by atoms with Crippen molar-refractivity contribution in [2.24, 2.45) is 5.10 Å². The number of anilines is 1. The number of rotatable bonds is 6. The molecule has 0 aliphatic heterocycles. The highest BCUT2D eigenvalue weighted by Gasteiger charge is 2.08. The van der Waals surface area contributed by atoms with Gasteiger partial charge in [-0.25, -0.2) is 5.43 Å². The highest BCUT2D eigenvalue weighted by Crippen LogP contribution is 2.24. The van der Waals surface area contributed by atoms with Crippen molar-refractivity contribution < 1.29 is 9.59 Å². The van der Waals surface area contributed by atoms with Gasteiger partial charge in [0.1, 0.15) is 0 Å². The van der Waals surface area contributed by atoms with E-state index in [2.05, 4.69) is 38.4 Å². The Morgan fingerprint density at radius 3 is 2.62 bits per heavy atom. The zero-order chi connectivity index (χ0) is 19.1. The van der Waals surface area contributed by atoms with E-state index in [9.17, 15) is 9.59 Å². The summed E-state index contributed by atoms with van der Waals surface area (Å²) in [5.41, 5.74) is 4.66. The molecule has 2 N–H and O–H groups in total. The first-order valence-corrected chi connectivity index (χ1v) is 9.52. The van der Waals surface area contributed by atoms with E-state index in [1.54, 1.807) is 18.2 Å². The lowest BCUT2D eigenvalue weighted by Crippen LogP contribution is -2.20. The summed E-state index contributed by atoms with van der Waals surface area (Å²) in [5, 5.41) is 7.39. The van der Waals surface area contributed by atoms with Crippen LogP contribution >= 0.6 is 45.8 Å². The number of hydrogen-bond acceptors (Lipinski definition) is 3. The summed E-state index contributed by atoms with van der Waals surface area (Å²) in [4.78, 5) is 23.8. The normalized spacial score (nSPS) is 10.8. The molecule has 0 heterocycles. The maximum Gasteiger partial charge on any atom is 0.240 e. The van der Waals surface area contributed by atoms with E-state index in [0.717, 1.165) is 14.8 Å². The molecule has 8 heteroatoms. The molecule has 5 nitrogen and oxygen atoms in total. The number of amides is 2. The molecule has 0 bridgehead atoms. The topological polar surface area (TPSA) is 70.6 Å². The molecule has 0 spiro atoms. The SMILES string of the molecule is Cc1cc(I)ccc1NC(=O)CCC(=O)N/N=C\c1cccc(Cl)c1Cl. The van der Waals surface area contributed by atoms with Crippen LogP contribution in [-0.4, -0.2) is 18.0 Å². The van der Waals surface area contributed by atoms with Gasteiger partial charge in [0, 0.05) is 27.7 Å². The molecule has 0 radical (unpaired) electrons. The molecule has 0 atom stereocenters. The maximum absolute atomic E-state index is 12.0. The van der Waals surface area contributed by atoms with Gasteiger partial charge in [-0.05, 0) is 59.3 Å². The minimum atomic E-state index is -0.367. The Labute approximate surface area is 175 Å². The number of nitrogens with zero attached hydrogens (tertiary/aromatic N) is 1. The van der Waals surface area contributed by atoms with Gasteiger partial charge in [-0.1, -0.05) is 35.3 Å². The van der Waals surface area contributed by atoms with Gasteiger partial charge in [-0.15, -0.1) is 0 Å². The lowest BCUT2D eigenvalue weighted by molar-refractivity contribution is -0.124. The lowest BCUT2D eigenvalue weighted by atomic mass is 10.2. The van der Waals surface area contributed by atoms with Crippen molar-refractivity contribution >= 4 is 69.5 Å². The van der Waals surface area contributed by atoms with Gasteiger partial charge >= 0.3 is 0 Å². The zero-order valence-corrected chi connectivity index (χ0v) is 17.5. The summed E-state index contributed by atoms with van der Waals surface area (Å²) in [6.07, 6.45) is 1.49. The number of carbonyl (C=O) groups is 2. The number of nitrogens with one attached hydrogen (secondary N) is 2. The number of aryl methyl sites for hydroxylation is 1. The number of hydrogen-bond donors (Lipinski definition) is 2. The molecule has 136 valence electrons. The van der Waals surface area contributed by atoms with Crippen LogP contribution < -0.4 is 10.7 Å². The summed E-state index contributed by atoms with van der Waals surface area (Å²) in [6.45, 7) is 1.92. The van der Waals surface area contributed by atoms with Gasteiger partial charge in [0.25, 0.3) is 0 Å². The quantitative estimate of drug-likeness (QED) is 0.338. The predicted molar refractivity (Wildman–Crippen MR) is 114 cm³/mol. The van der Waals surface area contributed by atoms with Gasteiger partial charge in [0.15, 0.2) is 0 Å². The van der Waals surface area contributed by atoms with Gasteiger partial charge in [0.05, 0.1) is 16.3 Å².